The van der Waals surface area contributed by atoms with Crippen LogP contribution in [0.2, 0.25) is 5.02 Å². The van der Waals surface area contributed by atoms with E-state index >= 15 is 0 Å². The first-order valence-electron chi connectivity index (χ1n) is 9.53. The van der Waals surface area contributed by atoms with Gasteiger partial charge in [0.25, 0.3) is 0 Å². The van der Waals surface area contributed by atoms with Crippen LogP contribution in [0, 0.1) is 23.1 Å². The molecule has 0 saturated carbocycles. The van der Waals surface area contributed by atoms with E-state index in [9.17, 15) is 19.2 Å². The monoisotopic (exact) mass is 424 g/mol. The number of likely N-dealkylation sites (tertiary alicyclic amines) is 1. The van der Waals surface area contributed by atoms with Crippen molar-refractivity contribution in [1.82, 2.24) is 4.90 Å². The van der Waals surface area contributed by atoms with Crippen LogP contribution in [0.15, 0.2) is 18.2 Å². The van der Waals surface area contributed by atoms with Gasteiger partial charge in [-0.05, 0) is 64.3 Å². The second kappa shape index (κ2) is 9.00. The molecule has 0 spiro atoms. The Kier molecular flexibility index (Phi) is 7.12. The van der Waals surface area contributed by atoms with Crippen LogP contribution < -0.4 is 0 Å². The molecule has 2 rings (SSSR count). The molecular formula is C21H26ClFN2O4. The summed E-state index contributed by atoms with van der Waals surface area (Å²) in [6.45, 7) is 7.62. The molecule has 1 unspecified atom stereocenters. The maximum absolute atomic E-state index is 14.1. The van der Waals surface area contributed by atoms with E-state index < -0.39 is 34.8 Å². The van der Waals surface area contributed by atoms with Crippen molar-refractivity contribution in [1.29, 1.82) is 5.26 Å². The summed E-state index contributed by atoms with van der Waals surface area (Å²) >= 11 is 6.05. The smallest absolute Gasteiger partial charge is 0.410 e. The van der Waals surface area contributed by atoms with Crippen molar-refractivity contribution < 1.29 is 23.5 Å². The molecule has 1 aromatic rings. The highest BCUT2D eigenvalue weighted by Crippen LogP contribution is 2.44. The normalized spacial score (nSPS) is 17.2. The molecule has 8 heteroatoms. The number of piperidine rings is 1. The summed E-state index contributed by atoms with van der Waals surface area (Å²) in [6.07, 6.45) is 0.0691. The number of hydrogen-bond acceptors (Lipinski definition) is 5. The van der Waals surface area contributed by atoms with Gasteiger partial charge in [0.1, 0.15) is 11.4 Å². The second-order valence-electron chi connectivity index (χ2n) is 8.10. The summed E-state index contributed by atoms with van der Waals surface area (Å²) in [4.78, 5) is 26.5. The summed E-state index contributed by atoms with van der Waals surface area (Å²) < 4.78 is 24.6. The summed E-state index contributed by atoms with van der Waals surface area (Å²) in [5.74, 6) is -2.37. The molecule has 1 aliphatic heterocycles. The Morgan fingerprint density at radius 2 is 1.93 bits per heavy atom. The summed E-state index contributed by atoms with van der Waals surface area (Å²) in [5, 5.41) is 9.96. The molecule has 1 fully saturated rings. The minimum Gasteiger partial charge on any atom is -0.465 e. The molecule has 29 heavy (non-hydrogen) atoms. The molecule has 158 valence electrons. The number of nitriles is 1. The third-order valence-corrected chi connectivity index (χ3v) is 5.17. The van der Waals surface area contributed by atoms with Crippen LogP contribution in [0.1, 0.15) is 46.1 Å². The van der Waals surface area contributed by atoms with E-state index in [4.69, 9.17) is 21.1 Å². The molecule has 1 heterocycles. The third kappa shape index (κ3) is 5.39. The lowest BCUT2D eigenvalue weighted by atomic mass is 9.64. The molecule has 1 saturated heterocycles. The number of esters is 1. The standard InChI is InChI=1S/C21H26ClFN2O4/c1-5-28-18(26)17(13-24)21(14-10-15(22)12-16(23)11-14)6-8-25(9-7-21)19(27)29-20(2,3)4/h10-12,17H,5-9H2,1-4H3. The van der Waals surface area contributed by atoms with Crippen molar-refractivity contribution in [3.05, 3.63) is 34.6 Å². The molecule has 1 amide bonds. The molecular weight excluding hydrogens is 399 g/mol. The number of rotatable bonds is 4. The maximum Gasteiger partial charge on any atom is 0.410 e. The van der Waals surface area contributed by atoms with Crippen LogP contribution >= 0.6 is 11.6 Å². The number of carbonyl (C=O) groups is 2. The van der Waals surface area contributed by atoms with E-state index in [-0.39, 0.29) is 37.6 Å². The fourth-order valence-electron chi connectivity index (χ4n) is 3.63. The Balaban J connectivity index is 2.39. The Morgan fingerprint density at radius 3 is 2.41 bits per heavy atom. The Bertz CT molecular complexity index is 788. The van der Waals surface area contributed by atoms with Crippen LogP contribution in [0.4, 0.5) is 9.18 Å². The van der Waals surface area contributed by atoms with Crippen molar-refractivity contribution in [3.63, 3.8) is 0 Å². The zero-order valence-corrected chi connectivity index (χ0v) is 17.9. The lowest BCUT2D eigenvalue weighted by molar-refractivity contribution is -0.149. The zero-order valence-electron chi connectivity index (χ0n) is 17.1. The minimum absolute atomic E-state index is 0.126. The first-order chi connectivity index (χ1) is 13.5. The Hall–Kier alpha value is -2.33. The number of ether oxygens (including phenoxy) is 2. The van der Waals surface area contributed by atoms with E-state index in [1.807, 2.05) is 6.07 Å². The van der Waals surface area contributed by atoms with E-state index in [2.05, 4.69) is 0 Å². The van der Waals surface area contributed by atoms with Crippen molar-refractivity contribution in [2.45, 2.75) is 51.6 Å². The summed E-state index contributed by atoms with van der Waals surface area (Å²) in [5.41, 5.74) is -1.21. The molecule has 0 N–H and O–H groups in total. The highest BCUT2D eigenvalue weighted by atomic mass is 35.5. The predicted molar refractivity (Wildman–Crippen MR) is 106 cm³/mol. The predicted octanol–water partition coefficient (Wildman–Crippen LogP) is 4.45. The number of nitrogens with zero attached hydrogens (tertiary/aromatic N) is 2. The van der Waals surface area contributed by atoms with Gasteiger partial charge in [0.15, 0.2) is 5.92 Å². The first kappa shape index (κ1) is 23.0. The Morgan fingerprint density at radius 1 is 1.31 bits per heavy atom. The number of halogens is 2. The van der Waals surface area contributed by atoms with Gasteiger partial charge in [0, 0.05) is 23.5 Å². The van der Waals surface area contributed by atoms with Crippen molar-refractivity contribution >= 4 is 23.7 Å². The number of benzene rings is 1. The fraction of sp³-hybridized carbons (Fsp3) is 0.571. The maximum atomic E-state index is 14.1. The van der Waals surface area contributed by atoms with Gasteiger partial charge in [-0.25, -0.2) is 9.18 Å². The molecule has 1 atom stereocenters. The molecule has 0 aliphatic carbocycles. The molecule has 6 nitrogen and oxygen atoms in total. The minimum atomic E-state index is -1.15. The fourth-order valence-corrected chi connectivity index (χ4v) is 3.85. The van der Waals surface area contributed by atoms with Crippen LogP contribution in [0.3, 0.4) is 0 Å². The van der Waals surface area contributed by atoms with E-state index in [1.54, 1.807) is 33.8 Å². The van der Waals surface area contributed by atoms with E-state index in [0.717, 1.165) is 0 Å². The number of carbonyl (C=O) groups excluding carboxylic acids is 2. The van der Waals surface area contributed by atoms with Gasteiger partial charge in [-0.15, -0.1) is 0 Å². The van der Waals surface area contributed by atoms with E-state index in [1.165, 1.54) is 17.0 Å². The lowest BCUT2D eigenvalue weighted by Crippen LogP contribution is -2.51. The van der Waals surface area contributed by atoms with Gasteiger partial charge in [0.2, 0.25) is 0 Å². The number of hydrogen-bond donors (Lipinski definition) is 0. The molecule has 0 bridgehead atoms. The molecule has 0 aromatic heterocycles. The average Bonchev–Trinajstić information content (AvgIpc) is 2.60. The topological polar surface area (TPSA) is 79.6 Å². The average molecular weight is 425 g/mol. The highest BCUT2D eigenvalue weighted by Gasteiger charge is 2.48. The van der Waals surface area contributed by atoms with Gasteiger partial charge in [-0.2, -0.15) is 5.26 Å². The molecule has 1 aromatic carbocycles. The summed E-state index contributed by atoms with van der Waals surface area (Å²) in [7, 11) is 0. The number of amides is 1. The molecule has 1 aliphatic rings. The van der Waals surface area contributed by atoms with Crippen LogP contribution in [-0.2, 0) is 19.7 Å². The third-order valence-electron chi connectivity index (χ3n) is 4.95. The van der Waals surface area contributed by atoms with Crippen LogP contribution in [-0.4, -0.2) is 42.3 Å². The van der Waals surface area contributed by atoms with Gasteiger partial charge < -0.3 is 14.4 Å². The molecule has 0 radical (unpaired) electrons. The van der Waals surface area contributed by atoms with E-state index in [0.29, 0.717) is 5.56 Å². The van der Waals surface area contributed by atoms with Crippen molar-refractivity contribution in [3.8, 4) is 6.07 Å². The van der Waals surface area contributed by atoms with Crippen molar-refractivity contribution in [2.24, 2.45) is 5.92 Å². The van der Waals surface area contributed by atoms with Crippen LogP contribution in [0.5, 0.6) is 0 Å². The van der Waals surface area contributed by atoms with Gasteiger partial charge in [-0.1, -0.05) is 11.6 Å². The Labute approximate surface area is 175 Å². The zero-order chi connectivity index (χ0) is 21.8. The quantitative estimate of drug-likeness (QED) is 0.667. The largest absolute Gasteiger partial charge is 0.465 e. The van der Waals surface area contributed by atoms with Gasteiger partial charge >= 0.3 is 12.1 Å². The van der Waals surface area contributed by atoms with Crippen LogP contribution in [0.25, 0.3) is 0 Å². The van der Waals surface area contributed by atoms with Crippen molar-refractivity contribution in [2.75, 3.05) is 19.7 Å². The second-order valence-corrected chi connectivity index (χ2v) is 8.53. The highest BCUT2D eigenvalue weighted by molar-refractivity contribution is 6.30. The summed E-state index contributed by atoms with van der Waals surface area (Å²) in [6, 6.07) is 6.07. The lowest BCUT2D eigenvalue weighted by Gasteiger charge is -2.44. The van der Waals surface area contributed by atoms with Gasteiger partial charge in [0.05, 0.1) is 12.7 Å². The van der Waals surface area contributed by atoms with Gasteiger partial charge in [-0.3, -0.25) is 4.79 Å². The first-order valence-corrected chi connectivity index (χ1v) is 9.91. The SMILES string of the molecule is CCOC(=O)C(C#N)C1(c2cc(F)cc(Cl)c2)CCN(C(=O)OC(C)(C)C)CC1.